The van der Waals surface area contributed by atoms with Crippen molar-refractivity contribution in [3.05, 3.63) is 36.0 Å². The van der Waals surface area contributed by atoms with Crippen LogP contribution in [0.25, 0.3) is 10.9 Å². The van der Waals surface area contributed by atoms with Gasteiger partial charge in [-0.2, -0.15) is 0 Å². The molecule has 6 N–H and O–H groups in total. The van der Waals surface area contributed by atoms with Gasteiger partial charge < -0.3 is 36.0 Å². The third kappa shape index (κ3) is 5.58. The maximum absolute atomic E-state index is 13.6. The van der Waals surface area contributed by atoms with Gasteiger partial charge in [-0.1, -0.05) is 18.2 Å². The molecule has 12 nitrogen and oxygen atoms in total. The highest BCUT2D eigenvalue weighted by atomic mass is 16.4. The number of carbonyl (C=O) groups is 5. The van der Waals surface area contributed by atoms with Crippen molar-refractivity contribution in [1.29, 1.82) is 0 Å². The van der Waals surface area contributed by atoms with Gasteiger partial charge in [0.2, 0.25) is 17.7 Å². The molecule has 4 atom stereocenters. The molecule has 2 aliphatic rings. The maximum atomic E-state index is 13.6. The summed E-state index contributed by atoms with van der Waals surface area (Å²) >= 11 is 0. The van der Waals surface area contributed by atoms with E-state index in [1.165, 1.54) is 9.80 Å². The number of nitrogens with zero attached hydrogens (tertiary/aromatic N) is 2. The second-order valence-corrected chi connectivity index (χ2v) is 9.55. The molecule has 3 heterocycles. The van der Waals surface area contributed by atoms with E-state index in [4.69, 9.17) is 10.8 Å². The molecule has 2 fully saturated rings. The van der Waals surface area contributed by atoms with Crippen LogP contribution in [0.2, 0.25) is 0 Å². The van der Waals surface area contributed by atoms with Crippen LogP contribution < -0.4 is 11.1 Å². The summed E-state index contributed by atoms with van der Waals surface area (Å²) in [6.07, 6.45) is 3.06. The standard InChI is InChI=1S/C25H31N5O7/c26-16(12-21(31)32)23(34)29-9-3-7-19(29)22(33)28-18(24(35)30-10-4-8-20(30)25(36)37)11-14-13-27-17-6-2-1-5-15(14)17/h1-2,5-6,13,16,18-20,27H,3-4,7-12,26H2,(H,28,33)(H,31,32)(H,36,37). The topological polar surface area (TPSA) is 186 Å². The van der Waals surface area contributed by atoms with Gasteiger partial charge in [-0.3, -0.25) is 19.2 Å². The highest BCUT2D eigenvalue weighted by molar-refractivity contribution is 5.96. The number of benzene rings is 1. The first-order valence-corrected chi connectivity index (χ1v) is 12.3. The van der Waals surface area contributed by atoms with E-state index in [1.807, 2.05) is 24.3 Å². The third-order valence-electron chi connectivity index (χ3n) is 7.08. The number of para-hydroxylation sites is 1. The monoisotopic (exact) mass is 513 g/mol. The Kier molecular flexibility index (Phi) is 7.77. The van der Waals surface area contributed by atoms with Crippen LogP contribution in [-0.4, -0.2) is 91.9 Å². The molecular weight excluding hydrogens is 482 g/mol. The third-order valence-corrected chi connectivity index (χ3v) is 7.08. The molecule has 1 aromatic heterocycles. The highest BCUT2D eigenvalue weighted by Crippen LogP contribution is 2.24. The van der Waals surface area contributed by atoms with Crippen molar-refractivity contribution >= 4 is 40.6 Å². The number of H-pyrrole nitrogens is 1. The number of hydrogen-bond acceptors (Lipinski definition) is 6. The van der Waals surface area contributed by atoms with Gasteiger partial charge in [0.1, 0.15) is 18.1 Å². The molecular formula is C25H31N5O7. The molecule has 3 amide bonds. The first-order valence-electron chi connectivity index (χ1n) is 12.3. The summed E-state index contributed by atoms with van der Waals surface area (Å²) in [5.41, 5.74) is 7.40. The molecule has 2 aliphatic heterocycles. The molecule has 4 unspecified atom stereocenters. The zero-order valence-electron chi connectivity index (χ0n) is 20.3. The Balaban J connectivity index is 1.57. The summed E-state index contributed by atoms with van der Waals surface area (Å²) in [6.45, 7) is 0.520. The quantitative estimate of drug-likeness (QED) is 0.311. The fourth-order valence-electron chi connectivity index (χ4n) is 5.27. The maximum Gasteiger partial charge on any atom is 0.326 e. The van der Waals surface area contributed by atoms with E-state index in [9.17, 15) is 29.1 Å². The lowest BCUT2D eigenvalue weighted by molar-refractivity contribution is -0.149. The van der Waals surface area contributed by atoms with E-state index in [2.05, 4.69) is 10.3 Å². The number of rotatable bonds is 9. The first kappa shape index (κ1) is 26.1. The van der Waals surface area contributed by atoms with Gasteiger partial charge in [0.25, 0.3) is 0 Å². The first-order chi connectivity index (χ1) is 17.7. The zero-order chi connectivity index (χ0) is 26.7. The Hall–Kier alpha value is -3.93. The highest BCUT2D eigenvalue weighted by Gasteiger charge is 2.41. The lowest BCUT2D eigenvalue weighted by atomic mass is 10.0. The van der Waals surface area contributed by atoms with E-state index < -0.39 is 60.2 Å². The van der Waals surface area contributed by atoms with Crippen LogP contribution in [0.5, 0.6) is 0 Å². The van der Waals surface area contributed by atoms with E-state index in [0.29, 0.717) is 25.7 Å². The fraction of sp³-hybridized carbons (Fsp3) is 0.480. The van der Waals surface area contributed by atoms with Crippen molar-refractivity contribution in [2.45, 2.75) is 62.7 Å². The molecule has 2 aromatic rings. The minimum absolute atomic E-state index is 0.122. The van der Waals surface area contributed by atoms with Crippen molar-refractivity contribution in [2.24, 2.45) is 5.73 Å². The Morgan fingerprint density at radius 1 is 1.00 bits per heavy atom. The number of likely N-dealkylation sites (tertiary alicyclic amines) is 2. The van der Waals surface area contributed by atoms with Gasteiger partial charge in [0.05, 0.1) is 12.5 Å². The van der Waals surface area contributed by atoms with Crippen LogP contribution in [0.3, 0.4) is 0 Å². The van der Waals surface area contributed by atoms with Gasteiger partial charge in [0, 0.05) is 36.6 Å². The summed E-state index contributed by atoms with van der Waals surface area (Å²) in [5.74, 6) is -4.00. The number of fused-ring (bicyclic) bond motifs is 1. The van der Waals surface area contributed by atoms with Crippen molar-refractivity contribution in [1.82, 2.24) is 20.1 Å². The molecule has 37 heavy (non-hydrogen) atoms. The van der Waals surface area contributed by atoms with Gasteiger partial charge >= 0.3 is 11.9 Å². The number of aromatic amines is 1. The van der Waals surface area contributed by atoms with Crippen LogP contribution in [0.4, 0.5) is 0 Å². The molecule has 1 aromatic carbocycles. The van der Waals surface area contributed by atoms with E-state index in [0.717, 1.165) is 16.5 Å². The number of carboxylic acids is 2. The van der Waals surface area contributed by atoms with Crippen LogP contribution in [0.15, 0.2) is 30.5 Å². The van der Waals surface area contributed by atoms with Gasteiger partial charge in [-0.15, -0.1) is 0 Å². The van der Waals surface area contributed by atoms with Gasteiger partial charge in [-0.25, -0.2) is 4.79 Å². The molecule has 4 rings (SSSR count). The lowest BCUT2D eigenvalue weighted by Gasteiger charge is -2.30. The predicted molar refractivity (Wildman–Crippen MR) is 131 cm³/mol. The van der Waals surface area contributed by atoms with Crippen molar-refractivity contribution < 1.29 is 34.2 Å². The molecule has 0 radical (unpaired) electrons. The largest absolute Gasteiger partial charge is 0.481 e. The summed E-state index contributed by atoms with van der Waals surface area (Å²) in [4.78, 5) is 68.2. The number of hydrogen-bond donors (Lipinski definition) is 5. The number of carboxylic acid groups (broad SMARTS) is 2. The Morgan fingerprint density at radius 2 is 1.65 bits per heavy atom. The fourth-order valence-corrected chi connectivity index (χ4v) is 5.27. The number of nitrogens with one attached hydrogen (secondary N) is 2. The van der Waals surface area contributed by atoms with Crippen LogP contribution in [-0.2, 0) is 30.4 Å². The van der Waals surface area contributed by atoms with Crippen molar-refractivity contribution in [3.63, 3.8) is 0 Å². The lowest BCUT2D eigenvalue weighted by Crippen LogP contribution is -2.57. The van der Waals surface area contributed by atoms with Crippen LogP contribution in [0.1, 0.15) is 37.7 Å². The normalized spacial score (nSPS) is 21.1. The van der Waals surface area contributed by atoms with Crippen LogP contribution >= 0.6 is 0 Å². The second-order valence-electron chi connectivity index (χ2n) is 9.55. The average Bonchev–Trinajstić information content (AvgIpc) is 3.62. The summed E-state index contributed by atoms with van der Waals surface area (Å²) in [5, 5.41) is 22.2. The molecule has 12 heteroatoms. The van der Waals surface area contributed by atoms with Crippen molar-refractivity contribution in [3.8, 4) is 0 Å². The SMILES string of the molecule is NC(CC(=O)O)C(=O)N1CCCC1C(=O)NC(Cc1c[nH]c2ccccc12)C(=O)N1CCCC1C(=O)O. The molecule has 0 bridgehead atoms. The number of aliphatic carboxylic acids is 2. The smallest absolute Gasteiger partial charge is 0.326 e. The zero-order valence-corrected chi connectivity index (χ0v) is 20.3. The van der Waals surface area contributed by atoms with E-state index in [-0.39, 0.29) is 19.5 Å². The predicted octanol–water partition coefficient (Wildman–Crippen LogP) is 0.0638. The van der Waals surface area contributed by atoms with Gasteiger partial charge in [-0.05, 0) is 37.3 Å². The van der Waals surface area contributed by atoms with Crippen LogP contribution in [0, 0.1) is 0 Å². The Bertz CT molecular complexity index is 1210. The minimum atomic E-state index is -1.28. The number of carbonyl (C=O) groups excluding carboxylic acids is 3. The molecule has 198 valence electrons. The molecule has 0 saturated carbocycles. The summed E-state index contributed by atoms with van der Waals surface area (Å²) in [6, 6.07) is 3.30. The Morgan fingerprint density at radius 3 is 2.32 bits per heavy atom. The summed E-state index contributed by atoms with van der Waals surface area (Å²) in [7, 11) is 0. The molecule has 0 spiro atoms. The van der Waals surface area contributed by atoms with E-state index in [1.54, 1.807) is 6.20 Å². The summed E-state index contributed by atoms with van der Waals surface area (Å²) < 4.78 is 0. The second kappa shape index (κ2) is 11.0. The number of nitrogens with two attached hydrogens (primary N) is 1. The number of aromatic nitrogens is 1. The average molecular weight is 514 g/mol. The Labute approximate surface area is 212 Å². The molecule has 0 aliphatic carbocycles. The van der Waals surface area contributed by atoms with E-state index >= 15 is 0 Å². The van der Waals surface area contributed by atoms with Gasteiger partial charge in [0.15, 0.2) is 0 Å². The molecule has 2 saturated heterocycles. The van der Waals surface area contributed by atoms with Crippen molar-refractivity contribution in [2.75, 3.05) is 13.1 Å². The number of amides is 3. The minimum Gasteiger partial charge on any atom is -0.481 e.